The van der Waals surface area contributed by atoms with Gasteiger partial charge in [0.05, 0.1) is 12.0 Å². The van der Waals surface area contributed by atoms with Crippen molar-refractivity contribution in [1.29, 1.82) is 0 Å². The highest BCUT2D eigenvalue weighted by molar-refractivity contribution is 5.34. The molecule has 0 radical (unpaired) electrons. The van der Waals surface area contributed by atoms with Gasteiger partial charge in [-0.05, 0) is 49.1 Å². The first-order valence-electron chi connectivity index (χ1n) is 8.71. The molecule has 0 heterocycles. The van der Waals surface area contributed by atoms with Crippen LogP contribution in [-0.4, -0.2) is 36.6 Å². The van der Waals surface area contributed by atoms with Gasteiger partial charge in [0.1, 0.15) is 5.75 Å². The maximum Gasteiger partial charge on any atom is 0.269 e. The number of hydrogen-bond acceptors (Lipinski definition) is 4. The van der Waals surface area contributed by atoms with Crippen molar-refractivity contribution in [2.24, 2.45) is 0 Å². The van der Waals surface area contributed by atoms with Crippen LogP contribution in [0.15, 0.2) is 48.5 Å². The van der Waals surface area contributed by atoms with Crippen molar-refractivity contribution in [2.75, 3.05) is 26.7 Å². The third kappa shape index (κ3) is 6.19. The number of rotatable bonds is 10. The molecular formula is C20H26N2O3. The predicted molar refractivity (Wildman–Crippen MR) is 100 cm³/mol. The van der Waals surface area contributed by atoms with Crippen molar-refractivity contribution in [2.45, 2.75) is 26.2 Å². The largest absolute Gasteiger partial charge is 0.497 e. The van der Waals surface area contributed by atoms with Gasteiger partial charge in [0, 0.05) is 25.2 Å². The van der Waals surface area contributed by atoms with Crippen LogP contribution < -0.4 is 4.74 Å². The monoisotopic (exact) mass is 342 g/mol. The van der Waals surface area contributed by atoms with Gasteiger partial charge in [-0.25, -0.2) is 0 Å². The van der Waals surface area contributed by atoms with Gasteiger partial charge in [-0.15, -0.1) is 0 Å². The minimum atomic E-state index is -0.337. The average Bonchev–Trinajstić information content (AvgIpc) is 2.64. The zero-order valence-electron chi connectivity index (χ0n) is 15.0. The third-order valence-corrected chi connectivity index (χ3v) is 4.23. The Morgan fingerprint density at radius 2 is 1.64 bits per heavy atom. The summed E-state index contributed by atoms with van der Waals surface area (Å²) in [6.45, 7) is 5.07. The summed E-state index contributed by atoms with van der Waals surface area (Å²) in [4.78, 5) is 13.0. The van der Waals surface area contributed by atoms with E-state index in [-0.39, 0.29) is 10.6 Å². The van der Waals surface area contributed by atoms with Crippen molar-refractivity contribution in [1.82, 2.24) is 4.90 Å². The van der Waals surface area contributed by atoms with Crippen molar-refractivity contribution < 1.29 is 9.66 Å². The number of ether oxygens (including phenoxy) is 1. The lowest BCUT2D eigenvalue weighted by Crippen LogP contribution is -2.29. The number of methoxy groups -OCH3 is 1. The fourth-order valence-electron chi connectivity index (χ4n) is 2.88. The van der Waals surface area contributed by atoms with E-state index in [9.17, 15) is 10.1 Å². The Balaban J connectivity index is 1.91. The summed E-state index contributed by atoms with van der Waals surface area (Å²) in [5.41, 5.74) is 2.43. The molecule has 0 saturated carbocycles. The topological polar surface area (TPSA) is 55.6 Å². The van der Waals surface area contributed by atoms with Crippen LogP contribution in [0.1, 0.15) is 24.5 Å². The van der Waals surface area contributed by atoms with E-state index in [1.165, 1.54) is 11.6 Å². The minimum absolute atomic E-state index is 0.163. The summed E-state index contributed by atoms with van der Waals surface area (Å²) >= 11 is 0. The first-order chi connectivity index (χ1) is 12.1. The summed E-state index contributed by atoms with van der Waals surface area (Å²) in [5, 5.41) is 10.9. The van der Waals surface area contributed by atoms with Gasteiger partial charge in [0.15, 0.2) is 0 Å². The van der Waals surface area contributed by atoms with Gasteiger partial charge in [-0.3, -0.25) is 10.1 Å². The molecule has 0 aromatic heterocycles. The number of non-ortho nitro benzene ring substituents is 1. The first-order valence-corrected chi connectivity index (χ1v) is 8.71. The fraction of sp³-hybridized carbons (Fsp3) is 0.400. The molecular weight excluding hydrogens is 316 g/mol. The Morgan fingerprint density at radius 3 is 2.24 bits per heavy atom. The van der Waals surface area contributed by atoms with E-state index in [4.69, 9.17) is 4.74 Å². The van der Waals surface area contributed by atoms with Gasteiger partial charge in [0.25, 0.3) is 5.69 Å². The van der Waals surface area contributed by atoms with Gasteiger partial charge in [-0.2, -0.15) is 0 Å². The van der Waals surface area contributed by atoms with Gasteiger partial charge in [-0.1, -0.05) is 31.2 Å². The smallest absolute Gasteiger partial charge is 0.269 e. The molecule has 134 valence electrons. The van der Waals surface area contributed by atoms with Crippen LogP contribution in [0, 0.1) is 10.1 Å². The van der Waals surface area contributed by atoms with Gasteiger partial charge < -0.3 is 9.64 Å². The molecule has 2 rings (SSSR count). The molecule has 0 atom stereocenters. The predicted octanol–water partition coefficient (Wildman–Crippen LogP) is 4.10. The molecule has 5 heteroatoms. The summed E-state index contributed by atoms with van der Waals surface area (Å²) < 4.78 is 5.28. The molecule has 0 fully saturated rings. The van der Waals surface area contributed by atoms with E-state index in [2.05, 4.69) is 24.0 Å². The second kappa shape index (κ2) is 9.79. The van der Waals surface area contributed by atoms with E-state index >= 15 is 0 Å². The quantitative estimate of drug-likeness (QED) is 0.482. The van der Waals surface area contributed by atoms with Crippen molar-refractivity contribution in [3.05, 3.63) is 69.8 Å². The second-order valence-corrected chi connectivity index (χ2v) is 6.12. The van der Waals surface area contributed by atoms with Crippen LogP contribution in [0.25, 0.3) is 0 Å². The molecule has 5 nitrogen and oxygen atoms in total. The van der Waals surface area contributed by atoms with Crippen LogP contribution >= 0.6 is 0 Å². The molecule has 0 spiro atoms. The number of benzene rings is 2. The molecule has 0 N–H and O–H groups in total. The molecule has 2 aromatic carbocycles. The van der Waals surface area contributed by atoms with Crippen LogP contribution in [0.3, 0.4) is 0 Å². The molecule has 0 bridgehead atoms. The van der Waals surface area contributed by atoms with Crippen LogP contribution in [0.5, 0.6) is 5.75 Å². The summed E-state index contributed by atoms with van der Waals surface area (Å²) in [7, 11) is 1.68. The molecule has 0 aliphatic heterocycles. The third-order valence-electron chi connectivity index (χ3n) is 4.23. The van der Waals surface area contributed by atoms with Gasteiger partial charge in [0.2, 0.25) is 0 Å². The minimum Gasteiger partial charge on any atom is -0.497 e. The Hall–Kier alpha value is -2.40. The van der Waals surface area contributed by atoms with E-state index in [1.807, 2.05) is 18.2 Å². The van der Waals surface area contributed by atoms with Gasteiger partial charge >= 0.3 is 0 Å². The zero-order chi connectivity index (χ0) is 18.1. The van der Waals surface area contributed by atoms with E-state index in [0.29, 0.717) is 0 Å². The molecule has 0 unspecified atom stereocenters. The molecule has 0 amide bonds. The Kier molecular flexibility index (Phi) is 7.41. The second-order valence-electron chi connectivity index (χ2n) is 6.12. The average molecular weight is 342 g/mol. The zero-order valence-corrected chi connectivity index (χ0v) is 15.0. The Labute approximate surface area is 149 Å². The highest BCUT2D eigenvalue weighted by Gasteiger charge is 2.09. The van der Waals surface area contributed by atoms with E-state index < -0.39 is 0 Å². The SMILES string of the molecule is CCCN(CCc1cccc(OC)c1)CCc1cccc([N+](=O)[O-])c1. The fourth-order valence-corrected chi connectivity index (χ4v) is 2.88. The maximum atomic E-state index is 10.9. The first kappa shape index (κ1) is 18.9. The number of nitro benzene ring substituents is 1. The lowest BCUT2D eigenvalue weighted by Gasteiger charge is -2.21. The number of hydrogen-bond donors (Lipinski definition) is 0. The van der Waals surface area contributed by atoms with E-state index in [1.54, 1.807) is 19.2 Å². The molecule has 0 saturated heterocycles. The lowest BCUT2D eigenvalue weighted by molar-refractivity contribution is -0.384. The van der Waals surface area contributed by atoms with Crippen molar-refractivity contribution in [3.8, 4) is 5.75 Å². The highest BCUT2D eigenvalue weighted by atomic mass is 16.6. The van der Waals surface area contributed by atoms with Crippen molar-refractivity contribution >= 4 is 5.69 Å². The lowest BCUT2D eigenvalue weighted by atomic mass is 10.1. The van der Waals surface area contributed by atoms with Crippen LogP contribution in [0.2, 0.25) is 0 Å². The summed E-state index contributed by atoms with van der Waals surface area (Å²) in [6.07, 6.45) is 2.87. The maximum absolute atomic E-state index is 10.9. The Bertz CT molecular complexity index is 688. The number of nitro groups is 1. The van der Waals surface area contributed by atoms with Crippen LogP contribution in [0.4, 0.5) is 5.69 Å². The molecule has 25 heavy (non-hydrogen) atoms. The Morgan fingerprint density at radius 1 is 1.00 bits per heavy atom. The normalized spacial score (nSPS) is 10.8. The summed E-state index contributed by atoms with van der Waals surface area (Å²) in [6, 6.07) is 15.1. The summed E-state index contributed by atoms with van der Waals surface area (Å²) in [5.74, 6) is 0.885. The van der Waals surface area contributed by atoms with E-state index in [0.717, 1.165) is 50.2 Å². The molecule has 2 aromatic rings. The standard InChI is InChI=1S/C20H26N2O3/c1-3-12-21(14-11-18-7-5-9-20(16-18)25-2)13-10-17-6-4-8-19(15-17)22(23)24/h4-9,15-16H,3,10-14H2,1-2H3. The van der Waals surface area contributed by atoms with Crippen molar-refractivity contribution in [3.63, 3.8) is 0 Å². The highest BCUT2D eigenvalue weighted by Crippen LogP contribution is 2.15. The molecule has 0 aliphatic rings. The molecule has 0 aliphatic carbocycles. The number of nitrogens with zero attached hydrogens (tertiary/aromatic N) is 2. The van der Waals surface area contributed by atoms with Crippen LogP contribution in [-0.2, 0) is 12.8 Å².